The van der Waals surface area contributed by atoms with E-state index in [4.69, 9.17) is 4.74 Å². The summed E-state index contributed by atoms with van der Waals surface area (Å²) in [5.74, 6) is -0.506. The van der Waals surface area contributed by atoms with Crippen molar-refractivity contribution < 1.29 is 27.8 Å². The fourth-order valence-corrected chi connectivity index (χ4v) is 5.49. The Morgan fingerprint density at radius 2 is 1.73 bits per heavy atom. The lowest BCUT2D eigenvalue weighted by Gasteiger charge is -2.36. The highest BCUT2D eigenvalue weighted by molar-refractivity contribution is 7.90. The molecule has 12 heteroatoms. The number of nitrogens with one attached hydrogen (secondary N) is 1. The molecule has 0 radical (unpaired) electrons. The lowest BCUT2D eigenvalue weighted by atomic mass is 9.71. The molecule has 1 aliphatic heterocycles. The summed E-state index contributed by atoms with van der Waals surface area (Å²) in [5.41, 5.74) is 4.50. The molecular weight excluding hydrogens is 531 g/mol. The molecule has 3 aromatic rings. The zero-order valence-electron chi connectivity index (χ0n) is 23.2. The molecule has 10 nitrogen and oxygen atoms in total. The van der Waals surface area contributed by atoms with Crippen LogP contribution in [0, 0.1) is 13.8 Å². The highest BCUT2D eigenvalue weighted by Gasteiger charge is 2.39. The molecule has 0 spiro atoms. The van der Waals surface area contributed by atoms with Crippen molar-refractivity contribution in [3.63, 3.8) is 0 Å². The summed E-state index contributed by atoms with van der Waals surface area (Å²) in [5, 5.41) is 16.2. The molecule has 0 saturated heterocycles. The van der Waals surface area contributed by atoms with Gasteiger partial charge in [-0.15, -0.1) is 0 Å². The van der Waals surface area contributed by atoms with Crippen LogP contribution in [0.2, 0.25) is 0 Å². The van der Waals surface area contributed by atoms with Crippen molar-refractivity contribution >= 4 is 40.6 Å². The number of hydrogen-bond acceptors (Lipinski definition) is 7. The molecule has 1 aliphatic rings. The number of hydrogen-bond donors (Lipinski definition) is 2. The summed E-state index contributed by atoms with van der Waals surface area (Å²) in [6.45, 7) is 8.93. The zero-order chi connectivity index (χ0) is 29.4. The Hall–Kier alpha value is -4.16. The highest BCUT2D eigenvalue weighted by Crippen LogP contribution is 2.25. The van der Waals surface area contributed by atoms with Crippen LogP contribution in [0.4, 0.5) is 0 Å². The second-order valence-corrected chi connectivity index (χ2v) is 12.2. The van der Waals surface area contributed by atoms with Gasteiger partial charge in [0.2, 0.25) is 0 Å². The molecule has 3 aromatic carbocycles. The number of amides is 2. The molecular formula is C28H31BN4O6S. The number of carbonyl (C=O) groups is 2. The van der Waals surface area contributed by atoms with Gasteiger partial charge < -0.3 is 9.76 Å². The van der Waals surface area contributed by atoms with Crippen molar-refractivity contribution in [1.82, 2.24) is 14.8 Å². The van der Waals surface area contributed by atoms with Crippen LogP contribution >= 0.6 is 0 Å². The van der Waals surface area contributed by atoms with Crippen molar-refractivity contribution in [3.8, 4) is 5.75 Å². The molecule has 0 unspecified atom stereocenters. The first-order chi connectivity index (χ1) is 18.8. The second-order valence-electron chi connectivity index (χ2n) is 10.4. The summed E-state index contributed by atoms with van der Waals surface area (Å²) < 4.78 is 32.3. The summed E-state index contributed by atoms with van der Waals surface area (Å²) >= 11 is 0. The normalized spacial score (nSPS) is 13.1. The van der Waals surface area contributed by atoms with Gasteiger partial charge >= 0.3 is 7.05 Å². The van der Waals surface area contributed by atoms with E-state index in [-0.39, 0.29) is 15.9 Å². The molecule has 0 aromatic heterocycles. The van der Waals surface area contributed by atoms with Gasteiger partial charge in [-0.05, 0) is 82.0 Å². The number of aryl methyl sites for hydroxylation is 1. The maximum absolute atomic E-state index is 13.6. The van der Waals surface area contributed by atoms with Crippen molar-refractivity contribution in [2.75, 3.05) is 7.11 Å². The number of carbonyl (C=O) groups excluding carboxylic acids is 2. The molecule has 0 aliphatic carbocycles. The SMILES string of the molecule is COc1cccc(C(=O)N(NC(=O)c2ccc3c(c2)B(O)N(S(=O)(=O)c2ccc(C)cc2)N=C3)C(C)(C)C)c1C. The van der Waals surface area contributed by atoms with Gasteiger partial charge in [0, 0.05) is 16.7 Å². The van der Waals surface area contributed by atoms with Gasteiger partial charge in [0.05, 0.1) is 23.8 Å². The minimum atomic E-state index is -4.17. The number of nitrogens with zero attached hydrogens (tertiary/aromatic N) is 3. The number of fused-ring (bicyclic) bond motifs is 1. The predicted molar refractivity (Wildman–Crippen MR) is 153 cm³/mol. The number of methoxy groups -OCH3 is 1. The minimum absolute atomic E-state index is 0.0289. The summed E-state index contributed by atoms with van der Waals surface area (Å²) in [4.78, 5) is 26.9. The molecule has 40 heavy (non-hydrogen) atoms. The average Bonchev–Trinajstić information content (AvgIpc) is 2.91. The van der Waals surface area contributed by atoms with Gasteiger partial charge in [0.15, 0.2) is 0 Å². The second kappa shape index (κ2) is 10.8. The van der Waals surface area contributed by atoms with Gasteiger partial charge in [-0.1, -0.05) is 29.8 Å². The van der Waals surface area contributed by atoms with Crippen molar-refractivity contribution in [2.24, 2.45) is 5.10 Å². The third-order valence-electron chi connectivity index (χ3n) is 6.53. The molecule has 2 amide bonds. The highest BCUT2D eigenvalue weighted by atomic mass is 32.2. The van der Waals surface area contributed by atoms with Crippen LogP contribution in [-0.4, -0.2) is 60.5 Å². The third kappa shape index (κ3) is 5.45. The predicted octanol–water partition coefficient (Wildman–Crippen LogP) is 2.62. The molecule has 0 atom stereocenters. The summed E-state index contributed by atoms with van der Waals surface area (Å²) in [6, 6.07) is 15.7. The van der Waals surface area contributed by atoms with E-state index < -0.39 is 34.4 Å². The van der Waals surface area contributed by atoms with Crippen LogP contribution in [0.1, 0.15) is 58.2 Å². The number of sulfonamides is 1. The molecule has 0 bridgehead atoms. The van der Waals surface area contributed by atoms with Gasteiger partial charge in [0.25, 0.3) is 21.8 Å². The van der Waals surface area contributed by atoms with Gasteiger partial charge in [-0.2, -0.15) is 9.43 Å². The average molecular weight is 562 g/mol. The van der Waals surface area contributed by atoms with Gasteiger partial charge in [0.1, 0.15) is 5.75 Å². The van der Waals surface area contributed by atoms with Gasteiger partial charge in [-0.25, -0.2) is 13.4 Å². The fourth-order valence-electron chi connectivity index (χ4n) is 4.25. The Morgan fingerprint density at radius 3 is 2.35 bits per heavy atom. The maximum atomic E-state index is 13.6. The molecule has 1 heterocycles. The maximum Gasteiger partial charge on any atom is 0.484 e. The molecule has 0 saturated carbocycles. The Bertz CT molecular complexity index is 1600. The van der Waals surface area contributed by atoms with E-state index in [1.54, 1.807) is 64.1 Å². The Morgan fingerprint density at radius 1 is 1.05 bits per heavy atom. The number of rotatable bonds is 5. The Labute approximate surface area is 234 Å². The Balaban J connectivity index is 1.63. The lowest BCUT2D eigenvalue weighted by molar-refractivity contribution is 0.0357. The summed E-state index contributed by atoms with van der Waals surface area (Å²) in [6.07, 6.45) is 1.31. The topological polar surface area (TPSA) is 129 Å². The first-order valence-electron chi connectivity index (χ1n) is 12.5. The van der Waals surface area contributed by atoms with E-state index in [0.717, 1.165) is 5.56 Å². The number of hydrazone groups is 1. The first-order valence-corrected chi connectivity index (χ1v) is 14.0. The lowest BCUT2D eigenvalue weighted by Crippen LogP contribution is -2.56. The van der Waals surface area contributed by atoms with Gasteiger partial charge in [-0.3, -0.25) is 15.0 Å². The largest absolute Gasteiger partial charge is 0.496 e. The first kappa shape index (κ1) is 28.8. The van der Waals surface area contributed by atoms with Crippen molar-refractivity contribution in [2.45, 2.75) is 45.1 Å². The van der Waals surface area contributed by atoms with E-state index in [1.807, 2.05) is 6.92 Å². The minimum Gasteiger partial charge on any atom is -0.496 e. The number of hydrazine groups is 1. The monoisotopic (exact) mass is 562 g/mol. The van der Waals surface area contributed by atoms with Crippen LogP contribution in [-0.2, 0) is 10.0 Å². The molecule has 4 rings (SSSR count). The van der Waals surface area contributed by atoms with E-state index in [0.29, 0.717) is 26.8 Å². The van der Waals surface area contributed by atoms with Crippen LogP contribution in [0.3, 0.4) is 0 Å². The fraction of sp³-hybridized carbons (Fsp3) is 0.250. The number of ether oxygens (including phenoxy) is 1. The zero-order valence-corrected chi connectivity index (χ0v) is 24.0. The smallest absolute Gasteiger partial charge is 0.484 e. The van der Waals surface area contributed by atoms with E-state index in [1.165, 1.54) is 42.6 Å². The molecule has 0 fully saturated rings. The molecule has 2 N–H and O–H groups in total. The van der Waals surface area contributed by atoms with Crippen LogP contribution in [0.5, 0.6) is 5.75 Å². The quantitative estimate of drug-likeness (QED) is 0.364. The van der Waals surface area contributed by atoms with E-state index in [2.05, 4.69) is 10.5 Å². The number of benzene rings is 3. The molecule has 208 valence electrons. The van der Waals surface area contributed by atoms with Crippen LogP contribution < -0.4 is 15.6 Å². The van der Waals surface area contributed by atoms with E-state index >= 15 is 0 Å². The van der Waals surface area contributed by atoms with E-state index in [9.17, 15) is 23.0 Å². The summed E-state index contributed by atoms with van der Waals surface area (Å²) in [7, 11) is -4.32. The van der Waals surface area contributed by atoms with Crippen molar-refractivity contribution in [1.29, 1.82) is 0 Å². The van der Waals surface area contributed by atoms with Crippen molar-refractivity contribution in [3.05, 3.63) is 88.5 Å². The van der Waals surface area contributed by atoms with Crippen LogP contribution in [0.25, 0.3) is 0 Å². The third-order valence-corrected chi connectivity index (χ3v) is 8.19. The Kier molecular flexibility index (Phi) is 7.77. The van der Waals surface area contributed by atoms with Crippen LogP contribution in [0.15, 0.2) is 70.7 Å². The standard InChI is InChI=1S/C28H31BN4O6S/c1-18-10-14-22(15-11-18)40(37,38)33-29(36)24-16-20(12-13-21(24)17-30-33)26(34)31-32(28(3,4)5)27(35)23-8-7-9-25(39-6)19(23)2/h7-17,36H,1-6H3,(H,31,34).